The molecule has 0 unspecified atom stereocenters. The first-order valence-electron chi connectivity index (χ1n) is 6.14. The molecule has 20 heavy (non-hydrogen) atoms. The van der Waals surface area contributed by atoms with Gasteiger partial charge < -0.3 is 0 Å². The Kier molecular flexibility index (Phi) is 3.12. The Labute approximate surface area is 116 Å². The molecule has 0 fully saturated rings. The van der Waals surface area contributed by atoms with Crippen molar-refractivity contribution in [3.63, 3.8) is 0 Å². The molecule has 0 aliphatic rings. The van der Waals surface area contributed by atoms with E-state index in [0.29, 0.717) is 22.9 Å². The van der Waals surface area contributed by atoms with Crippen molar-refractivity contribution in [2.75, 3.05) is 0 Å². The SMILES string of the molecule is Cc1cnc(-c2cnc(-c3ccc(C)nn3)cn2)nc1. The second-order valence-corrected chi connectivity index (χ2v) is 4.43. The van der Waals surface area contributed by atoms with Crippen LogP contribution in [-0.2, 0) is 0 Å². The third kappa shape index (κ3) is 2.49. The predicted octanol–water partition coefficient (Wildman–Crippen LogP) is 2.01. The molecule has 98 valence electrons. The molecule has 0 aromatic carbocycles. The lowest BCUT2D eigenvalue weighted by Gasteiger charge is -2.01. The normalized spacial score (nSPS) is 10.5. The molecular weight excluding hydrogens is 252 g/mol. The van der Waals surface area contributed by atoms with Crippen molar-refractivity contribution in [1.29, 1.82) is 0 Å². The van der Waals surface area contributed by atoms with Crippen molar-refractivity contribution in [3.8, 4) is 22.9 Å². The fourth-order valence-electron chi connectivity index (χ4n) is 1.64. The first kappa shape index (κ1) is 12.3. The van der Waals surface area contributed by atoms with Crippen LogP contribution in [0.3, 0.4) is 0 Å². The third-order valence-corrected chi connectivity index (χ3v) is 2.72. The van der Waals surface area contributed by atoms with E-state index in [1.807, 2.05) is 26.0 Å². The summed E-state index contributed by atoms with van der Waals surface area (Å²) in [6, 6.07) is 3.76. The van der Waals surface area contributed by atoms with Gasteiger partial charge in [-0.3, -0.25) is 4.98 Å². The number of aromatic nitrogens is 6. The van der Waals surface area contributed by atoms with E-state index in [2.05, 4.69) is 30.1 Å². The summed E-state index contributed by atoms with van der Waals surface area (Å²) in [6.45, 7) is 3.83. The molecule has 0 bridgehead atoms. The third-order valence-electron chi connectivity index (χ3n) is 2.72. The van der Waals surface area contributed by atoms with Crippen LogP contribution in [0.5, 0.6) is 0 Å². The summed E-state index contributed by atoms with van der Waals surface area (Å²) in [4.78, 5) is 17.1. The summed E-state index contributed by atoms with van der Waals surface area (Å²) < 4.78 is 0. The molecule has 0 atom stereocenters. The van der Waals surface area contributed by atoms with Gasteiger partial charge in [-0.2, -0.15) is 5.10 Å². The molecule has 0 aliphatic heterocycles. The van der Waals surface area contributed by atoms with Crippen molar-refractivity contribution >= 4 is 0 Å². The highest BCUT2D eigenvalue weighted by atomic mass is 15.1. The summed E-state index contributed by atoms with van der Waals surface area (Å²) in [7, 11) is 0. The minimum atomic E-state index is 0.560. The van der Waals surface area contributed by atoms with Crippen LogP contribution in [0.4, 0.5) is 0 Å². The number of hydrogen-bond donors (Lipinski definition) is 0. The average Bonchev–Trinajstić information content (AvgIpc) is 2.49. The predicted molar refractivity (Wildman–Crippen MR) is 73.6 cm³/mol. The van der Waals surface area contributed by atoms with Crippen molar-refractivity contribution < 1.29 is 0 Å². The molecule has 3 aromatic rings. The fourth-order valence-corrected chi connectivity index (χ4v) is 1.64. The summed E-state index contributed by atoms with van der Waals surface area (Å²) in [5.41, 5.74) is 3.88. The highest BCUT2D eigenvalue weighted by Gasteiger charge is 2.06. The molecule has 0 aliphatic carbocycles. The molecule has 0 radical (unpaired) electrons. The Morgan fingerprint density at radius 1 is 0.650 bits per heavy atom. The lowest BCUT2D eigenvalue weighted by atomic mass is 10.3. The number of rotatable bonds is 2. The second-order valence-electron chi connectivity index (χ2n) is 4.43. The molecule has 3 heterocycles. The van der Waals surface area contributed by atoms with E-state index >= 15 is 0 Å². The highest BCUT2D eigenvalue weighted by Crippen LogP contribution is 2.15. The van der Waals surface area contributed by atoms with E-state index in [4.69, 9.17) is 0 Å². The van der Waals surface area contributed by atoms with Gasteiger partial charge >= 0.3 is 0 Å². The van der Waals surface area contributed by atoms with Gasteiger partial charge in [-0.15, -0.1) is 5.10 Å². The largest absolute Gasteiger partial charge is 0.251 e. The summed E-state index contributed by atoms with van der Waals surface area (Å²) >= 11 is 0. The molecule has 0 spiro atoms. The Morgan fingerprint density at radius 3 is 1.95 bits per heavy atom. The maximum Gasteiger partial charge on any atom is 0.179 e. The summed E-state index contributed by atoms with van der Waals surface area (Å²) in [5, 5.41) is 8.08. The molecule has 3 aromatic heterocycles. The van der Waals surface area contributed by atoms with E-state index in [9.17, 15) is 0 Å². The van der Waals surface area contributed by atoms with Crippen LogP contribution in [-0.4, -0.2) is 30.1 Å². The lowest BCUT2D eigenvalue weighted by Crippen LogP contribution is -1.96. The van der Waals surface area contributed by atoms with E-state index < -0.39 is 0 Å². The van der Waals surface area contributed by atoms with Gasteiger partial charge in [0.2, 0.25) is 0 Å². The lowest BCUT2D eigenvalue weighted by molar-refractivity contribution is 0.977. The van der Waals surface area contributed by atoms with E-state index in [1.165, 1.54) is 0 Å². The summed E-state index contributed by atoms with van der Waals surface area (Å²) in [6.07, 6.45) is 6.80. The molecule has 0 amide bonds. The molecular formula is C14H12N6. The van der Waals surface area contributed by atoms with Crippen LogP contribution in [0.2, 0.25) is 0 Å². The monoisotopic (exact) mass is 264 g/mol. The van der Waals surface area contributed by atoms with Crippen molar-refractivity contribution in [3.05, 3.63) is 48.2 Å². The van der Waals surface area contributed by atoms with Gasteiger partial charge in [0.25, 0.3) is 0 Å². The van der Waals surface area contributed by atoms with Gasteiger partial charge in [-0.25, -0.2) is 15.0 Å². The van der Waals surface area contributed by atoms with Crippen molar-refractivity contribution in [1.82, 2.24) is 30.1 Å². The van der Waals surface area contributed by atoms with E-state index in [-0.39, 0.29) is 0 Å². The van der Waals surface area contributed by atoms with Crippen LogP contribution < -0.4 is 0 Å². The van der Waals surface area contributed by atoms with Crippen LogP contribution in [0.1, 0.15) is 11.3 Å². The standard InChI is InChI=1S/C14H12N6/c1-9-5-17-14(18-6-9)13-8-15-12(7-16-13)11-4-3-10(2)19-20-11/h3-8H,1-2H3. The van der Waals surface area contributed by atoms with Crippen LogP contribution in [0, 0.1) is 13.8 Å². The molecule has 0 saturated carbocycles. The first-order valence-corrected chi connectivity index (χ1v) is 6.14. The average molecular weight is 264 g/mol. The smallest absolute Gasteiger partial charge is 0.179 e. The minimum absolute atomic E-state index is 0.560. The van der Waals surface area contributed by atoms with E-state index in [0.717, 1.165) is 11.3 Å². The maximum atomic E-state index is 4.33. The van der Waals surface area contributed by atoms with Gasteiger partial charge in [-0.1, -0.05) is 0 Å². The number of hydrogen-bond acceptors (Lipinski definition) is 6. The van der Waals surface area contributed by atoms with Gasteiger partial charge in [0.15, 0.2) is 5.82 Å². The van der Waals surface area contributed by atoms with Gasteiger partial charge in [-0.05, 0) is 31.5 Å². The Morgan fingerprint density at radius 2 is 1.35 bits per heavy atom. The zero-order valence-corrected chi connectivity index (χ0v) is 11.1. The summed E-state index contributed by atoms with van der Waals surface area (Å²) in [5.74, 6) is 0.560. The van der Waals surface area contributed by atoms with Crippen LogP contribution in [0.25, 0.3) is 22.9 Å². The second kappa shape index (κ2) is 5.08. The quantitative estimate of drug-likeness (QED) is 0.704. The topological polar surface area (TPSA) is 77.3 Å². The van der Waals surface area contributed by atoms with Gasteiger partial charge in [0.1, 0.15) is 17.1 Å². The van der Waals surface area contributed by atoms with E-state index in [1.54, 1.807) is 24.8 Å². The van der Waals surface area contributed by atoms with Crippen molar-refractivity contribution in [2.45, 2.75) is 13.8 Å². The number of nitrogens with zero attached hydrogens (tertiary/aromatic N) is 6. The zero-order chi connectivity index (χ0) is 13.9. The zero-order valence-electron chi connectivity index (χ0n) is 11.1. The molecule has 0 saturated heterocycles. The molecule has 6 nitrogen and oxygen atoms in total. The highest BCUT2D eigenvalue weighted by molar-refractivity contribution is 5.55. The van der Waals surface area contributed by atoms with Gasteiger partial charge in [0, 0.05) is 12.4 Å². The Balaban J connectivity index is 1.91. The molecule has 0 N–H and O–H groups in total. The van der Waals surface area contributed by atoms with Crippen LogP contribution >= 0.6 is 0 Å². The minimum Gasteiger partial charge on any atom is -0.251 e. The van der Waals surface area contributed by atoms with Crippen LogP contribution in [0.15, 0.2) is 36.9 Å². The number of aryl methyl sites for hydroxylation is 2. The maximum absolute atomic E-state index is 4.33. The first-order chi connectivity index (χ1) is 9.72. The Bertz CT molecular complexity index is 640. The van der Waals surface area contributed by atoms with Gasteiger partial charge in [0.05, 0.1) is 18.1 Å². The molecule has 3 rings (SSSR count). The Hall–Kier alpha value is -2.76. The molecule has 6 heteroatoms. The van der Waals surface area contributed by atoms with Crippen molar-refractivity contribution in [2.24, 2.45) is 0 Å². The fraction of sp³-hybridized carbons (Fsp3) is 0.143.